The maximum Gasteiger partial charge on any atom is 0.186 e. The smallest absolute Gasteiger partial charge is 0.186 e. The van der Waals surface area contributed by atoms with Gasteiger partial charge in [-0.2, -0.15) is 5.10 Å². The van der Waals surface area contributed by atoms with Crippen molar-refractivity contribution in [2.24, 2.45) is 0 Å². The molecule has 0 saturated carbocycles. The molecule has 0 unspecified atom stereocenters. The molecule has 0 amide bonds. The van der Waals surface area contributed by atoms with Crippen molar-refractivity contribution in [3.8, 4) is 0 Å². The summed E-state index contributed by atoms with van der Waals surface area (Å²) in [7, 11) is 1.68. The molecule has 3 aromatic rings. The number of fused-ring (bicyclic) bond motifs is 1. The van der Waals surface area contributed by atoms with E-state index < -0.39 is 0 Å². The van der Waals surface area contributed by atoms with Gasteiger partial charge in [0.05, 0.1) is 31.2 Å². The topological polar surface area (TPSA) is 74.1 Å². The number of aromatic nitrogens is 4. The van der Waals surface area contributed by atoms with Gasteiger partial charge in [0.1, 0.15) is 12.1 Å². The second-order valence-electron chi connectivity index (χ2n) is 6.52. The van der Waals surface area contributed by atoms with E-state index in [2.05, 4.69) is 44.6 Å². The number of methoxy groups -OCH3 is 1. The summed E-state index contributed by atoms with van der Waals surface area (Å²) >= 11 is 0. The molecular weight excluding hydrogens is 330 g/mol. The molecule has 26 heavy (non-hydrogen) atoms. The van der Waals surface area contributed by atoms with E-state index in [4.69, 9.17) is 9.47 Å². The summed E-state index contributed by atoms with van der Waals surface area (Å²) in [6.07, 6.45) is 4.69. The molecule has 1 aliphatic rings. The molecule has 1 aromatic carbocycles. The van der Waals surface area contributed by atoms with Gasteiger partial charge in [-0.1, -0.05) is 30.3 Å². The minimum absolute atomic E-state index is 0.175. The van der Waals surface area contributed by atoms with Crippen LogP contribution in [-0.4, -0.2) is 52.7 Å². The van der Waals surface area contributed by atoms with E-state index in [1.165, 1.54) is 5.56 Å². The average molecular weight is 353 g/mol. The van der Waals surface area contributed by atoms with Crippen LogP contribution in [0.2, 0.25) is 0 Å². The number of anilines is 1. The zero-order chi connectivity index (χ0) is 17.8. The number of ether oxygens (including phenoxy) is 2. The molecule has 136 valence electrons. The minimum atomic E-state index is 0.175. The largest absolute Gasteiger partial charge is 0.383 e. The Morgan fingerprint density at radius 1 is 1.27 bits per heavy atom. The van der Waals surface area contributed by atoms with Crippen LogP contribution in [0, 0.1) is 0 Å². The molecule has 7 heteroatoms. The first-order chi connectivity index (χ1) is 12.8. The monoisotopic (exact) mass is 353 g/mol. The highest BCUT2D eigenvalue weighted by Gasteiger charge is 2.26. The normalized spacial score (nSPS) is 19.9. The van der Waals surface area contributed by atoms with Crippen molar-refractivity contribution in [3.63, 3.8) is 0 Å². The summed E-state index contributed by atoms with van der Waals surface area (Å²) in [5, 5.41) is 8.78. The quantitative estimate of drug-likeness (QED) is 0.703. The molecule has 3 heterocycles. The van der Waals surface area contributed by atoms with E-state index in [-0.39, 0.29) is 6.10 Å². The van der Waals surface area contributed by atoms with Gasteiger partial charge in [-0.3, -0.25) is 4.68 Å². The molecular formula is C19H23N5O2. The maximum absolute atomic E-state index is 5.97. The Morgan fingerprint density at radius 3 is 3.00 bits per heavy atom. The highest BCUT2D eigenvalue weighted by Crippen LogP contribution is 2.29. The molecule has 0 bridgehead atoms. The van der Waals surface area contributed by atoms with Crippen LogP contribution in [0.3, 0.4) is 0 Å². The Morgan fingerprint density at radius 2 is 2.15 bits per heavy atom. The number of hydrogen-bond donors (Lipinski definition) is 1. The van der Waals surface area contributed by atoms with Crippen LogP contribution < -0.4 is 5.32 Å². The third-order valence-corrected chi connectivity index (χ3v) is 4.74. The van der Waals surface area contributed by atoms with Crippen molar-refractivity contribution in [2.45, 2.75) is 25.0 Å². The van der Waals surface area contributed by atoms with E-state index in [0.717, 1.165) is 30.8 Å². The number of benzene rings is 1. The lowest BCUT2D eigenvalue weighted by Crippen LogP contribution is -2.19. The van der Waals surface area contributed by atoms with Crippen molar-refractivity contribution < 1.29 is 9.47 Å². The molecule has 4 rings (SSSR count). The van der Waals surface area contributed by atoms with Gasteiger partial charge in [-0.25, -0.2) is 9.97 Å². The second-order valence-corrected chi connectivity index (χ2v) is 6.52. The third kappa shape index (κ3) is 3.68. The number of rotatable bonds is 7. The minimum Gasteiger partial charge on any atom is -0.383 e. The van der Waals surface area contributed by atoms with Gasteiger partial charge in [-0.15, -0.1) is 0 Å². The first kappa shape index (κ1) is 16.9. The van der Waals surface area contributed by atoms with Crippen molar-refractivity contribution in [2.75, 3.05) is 32.2 Å². The molecule has 1 saturated heterocycles. The van der Waals surface area contributed by atoms with Gasteiger partial charge in [0.15, 0.2) is 5.65 Å². The fraction of sp³-hybridized carbons (Fsp3) is 0.421. The Kier molecular flexibility index (Phi) is 5.08. The molecule has 7 nitrogen and oxygen atoms in total. The zero-order valence-corrected chi connectivity index (χ0v) is 14.8. The summed E-state index contributed by atoms with van der Waals surface area (Å²) in [4.78, 5) is 8.62. The molecule has 2 aromatic heterocycles. The van der Waals surface area contributed by atoms with Crippen molar-refractivity contribution in [3.05, 3.63) is 48.4 Å². The van der Waals surface area contributed by atoms with Crippen molar-refractivity contribution in [1.82, 2.24) is 19.7 Å². The predicted octanol–water partition coefficient (Wildman–Crippen LogP) is 2.46. The second kappa shape index (κ2) is 7.80. The van der Waals surface area contributed by atoms with Crippen molar-refractivity contribution in [1.29, 1.82) is 0 Å². The van der Waals surface area contributed by atoms with Gasteiger partial charge in [-0.05, 0) is 12.0 Å². The fourth-order valence-electron chi connectivity index (χ4n) is 3.34. The number of hydrogen-bond acceptors (Lipinski definition) is 6. The lowest BCUT2D eigenvalue weighted by molar-refractivity contribution is 0.119. The van der Waals surface area contributed by atoms with Gasteiger partial charge < -0.3 is 14.8 Å². The molecule has 1 aliphatic heterocycles. The van der Waals surface area contributed by atoms with Crippen LogP contribution in [0.25, 0.3) is 11.0 Å². The fourth-order valence-corrected chi connectivity index (χ4v) is 3.34. The summed E-state index contributed by atoms with van der Waals surface area (Å²) in [5.74, 6) is 1.26. The van der Waals surface area contributed by atoms with Gasteiger partial charge in [0.25, 0.3) is 0 Å². The van der Waals surface area contributed by atoms with Crippen LogP contribution in [0.5, 0.6) is 0 Å². The van der Waals surface area contributed by atoms with Gasteiger partial charge in [0.2, 0.25) is 0 Å². The Labute approximate surface area is 152 Å². The molecule has 1 N–H and O–H groups in total. The number of nitrogens with zero attached hydrogens (tertiary/aromatic N) is 4. The zero-order valence-electron chi connectivity index (χ0n) is 14.8. The summed E-state index contributed by atoms with van der Waals surface area (Å²) in [6, 6.07) is 10.6. The van der Waals surface area contributed by atoms with E-state index in [1.54, 1.807) is 13.4 Å². The summed E-state index contributed by atoms with van der Waals surface area (Å²) in [6.45, 7) is 2.79. The average Bonchev–Trinajstić information content (AvgIpc) is 3.32. The Balaban J connectivity index is 1.39. The van der Waals surface area contributed by atoms with Crippen LogP contribution in [0.4, 0.5) is 5.82 Å². The lowest BCUT2D eigenvalue weighted by atomic mass is 9.96. The van der Waals surface area contributed by atoms with Crippen LogP contribution in [0.15, 0.2) is 42.9 Å². The van der Waals surface area contributed by atoms with Crippen LogP contribution >= 0.6 is 0 Å². The SMILES string of the molecule is COCCn1cc2c(NC[C@@H]3C[C@H](c4ccccc4)CO3)ncnc2n1. The lowest BCUT2D eigenvalue weighted by Gasteiger charge is -2.12. The maximum atomic E-state index is 5.97. The Hall–Kier alpha value is -2.51. The van der Waals surface area contributed by atoms with E-state index >= 15 is 0 Å². The molecule has 0 spiro atoms. The van der Waals surface area contributed by atoms with Crippen LogP contribution in [0.1, 0.15) is 17.9 Å². The van der Waals surface area contributed by atoms with E-state index in [0.29, 0.717) is 24.7 Å². The highest BCUT2D eigenvalue weighted by atomic mass is 16.5. The van der Waals surface area contributed by atoms with E-state index in [1.807, 2.05) is 16.9 Å². The predicted molar refractivity (Wildman–Crippen MR) is 99.2 cm³/mol. The van der Waals surface area contributed by atoms with Gasteiger partial charge >= 0.3 is 0 Å². The van der Waals surface area contributed by atoms with Crippen LogP contribution in [-0.2, 0) is 16.0 Å². The molecule has 1 fully saturated rings. The summed E-state index contributed by atoms with van der Waals surface area (Å²) in [5.41, 5.74) is 2.03. The highest BCUT2D eigenvalue weighted by molar-refractivity contribution is 5.85. The molecule has 2 atom stereocenters. The van der Waals surface area contributed by atoms with Gasteiger partial charge in [0, 0.05) is 25.8 Å². The summed E-state index contributed by atoms with van der Waals surface area (Å²) < 4.78 is 12.9. The number of nitrogens with one attached hydrogen (secondary N) is 1. The third-order valence-electron chi connectivity index (χ3n) is 4.74. The first-order valence-corrected chi connectivity index (χ1v) is 8.91. The molecule has 0 radical (unpaired) electrons. The standard InChI is InChI=1S/C19H23N5O2/c1-25-8-7-24-11-17-18(21-13-22-19(17)23-24)20-10-16-9-15(12-26-16)14-5-3-2-4-6-14/h2-6,11,13,15-16H,7-10,12H2,1H3,(H,20,21,22,23)/t15-,16-/m0/s1. The van der Waals surface area contributed by atoms with E-state index in [9.17, 15) is 0 Å². The Bertz CT molecular complexity index is 852. The first-order valence-electron chi connectivity index (χ1n) is 8.91. The van der Waals surface area contributed by atoms with Crippen molar-refractivity contribution >= 4 is 16.9 Å². The molecule has 0 aliphatic carbocycles.